The van der Waals surface area contributed by atoms with Crippen LogP contribution >= 0.6 is 8.60 Å². The first kappa shape index (κ1) is 43.6. The lowest BCUT2D eigenvalue weighted by Crippen LogP contribution is -2.45. The van der Waals surface area contributed by atoms with Crippen molar-refractivity contribution in [1.82, 2.24) is 5.32 Å². The molecule has 0 radical (unpaired) electrons. The van der Waals surface area contributed by atoms with E-state index in [0.29, 0.717) is 26.2 Å². The van der Waals surface area contributed by atoms with Crippen LogP contribution in [0.1, 0.15) is 146 Å². The molecule has 3 aromatic rings. The van der Waals surface area contributed by atoms with Crippen molar-refractivity contribution in [2.45, 2.75) is 134 Å². The summed E-state index contributed by atoms with van der Waals surface area (Å²) in [5, 5.41) is 12.9. The largest absolute Gasteiger partial charge is 0.497 e. The summed E-state index contributed by atoms with van der Waals surface area (Å²) in [6.07, 6.45) is 23.2. The molecule has 0 heterocycles. The van der Waals surface area contributed by atoms with Crippen LogP contribution < -0.4 is 10.1 Å². The lowest BCUT2D eigenvalue weighted by Gasteiger charge is -2.37. The Morgan fingerprint density at radius 1 is 0.538 bits per heavy atom. The van der Waals surface area contributed by atoms with Crippen molar-refractivity contribution in [2.75, 3.05) is 33.5 Å². The maximum absolute atomic E-state index is 8.96. The van der Waals surface area contributed by atoms with E-state index in [2.05, 4.69) is 91.1 Å². The lowest BCUT2D eigenvalue weighted by atomic mass is 9.77. The second-order valence-corrected chi connectivity index (χ2v) is 15.0. The quantitative estimate of drug-likeness (QED) is 0.0392. The number of ether oxygens (including phenoxy) is 1. The molecule has 1 N–H and O–H groups in total. The van der Waals surface area contributed by atoms with Crippen LogP contribution in [0.25, 0.3) is 0 Å². The first-order chi connectivity index (χ1) is 25.7. The second kappa shape index (κ2) is 28.7. The summed E-state index contributed by atoms with van der Waals surface area (Å²) >= 11 is 0. The third-order valence-electron chi connectivity index (χ3n) is 9.70. The zero-order valence-corrected chi connectivity index (χ0v) is 33.3. The van der Waals surface area contributed by atoms with Crippen LogP contribution in [0.3, 0.4) is 0 Å². The number of benzene rings is 3. The Balaban J connectivity index is 1.35. The van der Waals surface area contributed by atoms with Crippen molar-refractivity contribution >= 4 is 8.60 Å². The summed E-state index contributed by atoms with van der Waals surface area (Å²) in [6, 6.07) is 32.0. The number of nitrogens with one attached hydrogen (secondary N) is 1. The van der Waals surface area contributed by atoms with Gasteiger partial charge in [0.1, 0.15) is 5.75 Å². The van der Waals surface area contributed by atoms with Gasteiger partial charge in [0.15, 0.2) is 0 Å². The average molecular weight is 731 g/mol. The molecule has 286 valence electrons. The highest BCUT2D eigenvalue weighted by Crippen LogP contribution is 2.40. The van der Waals surface area contributed by atoms with Gasteiger partial charge >= 0.3 is 8.60 Å². The minimum absolute atomic E-state index is 0.349. The molecular formula is C45H67N2O4P. The van der Waals surface area contributed by atoms with Crippen LogP contribution in [-0.2, 0) is 19.1 Å². The Hall–Kier alpha value is -2.78. The minimum Gasteiger partial charge on any atom is -0.497 e. The molecule has 3 aromatic carbocycles. The maximum Gasteiger partial charge on any atom is 0.332 e. The number of rotatable bonds is 32. The molecule has 0 amide bonds. The maximum atomic E-state index is 8.96. The standard InChI is InChI=1S/C45H67N2O4P/c1-3-4-5-6-7-8-9-10-11-12-13-14-16-25-38-49-52(51-40-27-36-46)50-39-26-17-15-24-37-47-45(41-28-20-18-21-29-41,42-30-22-19-23-31-42)43-32-34-44(48-2)35-33-43/h18-23,28-35,47H,3-17,24-27,37-40H2,1-2H3. The highest BCUT2D eigenvalue weighted by molar-refractivity contribution is 7.41. The lowest BCUT2D eigenvalue weighted by molar-refractivity contribution is 0.157. The van der Waals surface area contributed by atoms with Gasteiger partial charge in [-0.15, -0.1) is 0 Å². The van der Waals surface area contributed by atoms with Crippen molar-refractivity contribution in [2.24, 2.45) is 0 Å². The molecule has 1 unspecified atom stereocenters. The Kier molecular flexibility index (Phi) is 24.1. The highest BCUT2D eigenvalue weighted by atomic mass is 31.2. The molecule has 0 bridgehead atoms. The van der Waals surface area contributed by atoms with Crippen LogP contribution in [0, 0.1) is 11.3 Å². The zero-order valence-electron chi connectivity index (χ0n) is 32.4. The topological polar surface area (TPSA) is 72.7 Å². The number of methoxy groups -OCH3 is 1. The van der Waals surface area contributed by atoms with E-state index in [9.17, 15) is 0 Å². The molecule has 0 fully saturated rings. The third kappa shape index (κ3) is 16.9. The van der Waals surface area contributed by atoms with Gasteiger partial charge in [-0.2, -0.15) is 5.26 Å². The van der Waals surface area contributed by atoms with E-state index in [0.717, 1.165) is 44.4 Å². The van der Waals surface area contributed by atoms with E-state index in [-0.39, 0.29) is 0 Å². The predicted octanol–water partition coefficient (Wildman–Crippen LogP) is 12.8. The second-order valence-electron chi connectivity index (χ2n) is 13.8. The molecule has 0 saturated heterocycles. The van der Waals surface area contributed by atoms with Crippen LogP contribution in [-0.4, -0.2) is 33.5 Å². The van der Waals surface area contributed by atoms with Gasteiger partial charge in [-0.1, -0.05) is 176 Å². The van der Waals surface area contributed by atoms with Gasteiger partial charge in [0.2, 0.25) is 0 Å². The van der Waals surface area contributed by atoms with Gasteiger partial charge in [-0.25, -0.2) is 0 Å². The van der Waals surface area contributed by atoms with E-state index in [1.54, 1.807) is 7.11 Å². The number of hydrogen-bond donors (Lipinski definition) is 1. The summed E-state index contributed by atoms with van der Waals surface area (Å²) in [5.74, 6) is 0.848. The molecule has 7 heteroatoms. The number of unbranched alkanes of at least 4 members (excludes halogenated alkanes) is 16. The fourth-order valence-electron chi connectivity index (χ4n) is 6.73. The van der Waals surface area contributed by atoms with E-state index < -0.39 is 14.1 Å². The third-order valence-corrected chi connectivity index (χ3v) is 10.9. The smallest absolute Gasteiger partial charge is 0.332 e. The fraction of sp³-hybridized carbons (Fsp3) is 0.578. The Bertz CT molecular complexity index is 1260. The zero-order chi connectivity index (χ0) is 36.8. The van der Waals surface area contributed by atoms with Crippen molar-refractivity contribution in [1.29, 1.82) is 5.26 Å². The van der Waals surface area contributed by atoms with Crippen LogP contribution in [0.2, 0.25) is 0 Å². The predicted molar refractivity (Wildman–Crippen MR) is 218 cm³/mol. The summed E-state index contributed by atoms with van der Waals surface area (Å²) in [5.41, 5.74) is 3.11. The molecular weight excluding hydrogens is 663 g/mol. The Morgan fingerprint density at radius 2 is 0.962 bits per heavy atom. The molecule has 6 nitrogen and oxygen atoms in total. The van der Waals surface area contributed by atoms with E-state index in [4.69, 9.17) is 23.6 Å². The molecule has 0 aliphatic heterocycles. The van der Waals surface area contributed by atoms with Gasteiger partial charge in [-0.3, -0.25) is 5.32 Å². The normalized spacial score (nSPS) is 12.1. The highest BCUT2D eigenvalue weighted by Gasteiger charge is 2.35. The average Bonchev–Trinajstić information content (AvgIpc) is 3.19. The van der Waals surface area contributed by atoms with Gasteiger partial charge in [0, 0.05) is 0 Å². The van der Waals surface area contributed by atoms with Crippen molar-refractivity contribution in [3.05, 3.63) is 102 Å². The summed E-state index contributed by atoms with van der Waals surface area (Å²) in [6.45, 7) is 4.76. The molecule has 52 heavy (non-hydrogen) atoms. The molecule has 0 aliphatic rings. The van der Waals surface area contributed by atoms with Crippen LogP contribution in [0.5, 0.6) is 5.75 Å². The number of hydrogen-bond acceptors (Lipinski definition) is 6. The van der Waals surface area contributed by atoms with Crippen molar-refractivity contribution in [3.63, 3.8) is 0 Å². The van der Waals surface area contributed by atoms with Crippen LogP contribution in [0.15, 0.2) is 84.9 Å². The first-order valence-corrected chi connectivity index (χ1v) is 21.4. The fourth-order valence-corrected chi connectivity index (χ4v) is 7.75. The summed E-state index contributed by atoms with van der Waals surface area (Å²) in [7, 11) is 0.295. The van der Waals surface area contributed by atoms with Crippen molar-refractivity contribution in [3.8, 4) is 11.8 Å². The molecule has 1 atom stereocenters. The summed E-state index contributed by atoms with van der Waals surface area (Å²) < 4.78 is 23.3. The number of nitrogens with zero attached hydrogens (tertiary/aromatic N) is 1. The number of nitriles is 1. The molecule has 0 spiro atoms. The van der Waals surface area contributed by atoms with Crippen LogP contribution in [0.4, 0.5) is 0 Å². The SMILES string of the molecule is CCCCCCCCCCCCCCCCOP(OCCC#N)OCCCCCCNC(c1ccccc1)(c1ccccc1)c1ccc(OC)cc1. The van der Waals surface area contributed by atoms with Gasteiger partial charge in [-0.05, 0) is 54.6 Å². The molecule has 3 rings (SSSR count). The Labute approximate surface area is 318 Å². The van der Waals surface area contributed by atoms with E-state index >= 15 is 0 Å². The Morgan fingerprint density at radius 3 is 1.42 bits per heavy atom. The minimum atomic E-state index is -1.41. The van der Waals surface area contributed by atoms with E-state index in [1.165, 1.54) is 100 Å². The van der Waals surface area contributed by atoms with E-state index in [1.807, 2.05) is 12.1 Å². The van der Waals surface area contributed by atoms with Crippen molar-refractivity contribution < 1.29 is 18.3 Å². The van der Waals surface area contributed by atoms with Gasteiger partial charge < -0.3 is 18.3 Å². The first-order valence-electron chi connectivity index (χ1n) is 20.3. The summed E-state index contributed by atoms with van der Waals surface area (Å²) in [4.78, 5) is 0. The molecule has 0 saturated carbocycles. The van der Waals surface area contributed by atoms with Gasteiger partial charge in [0.25, 0.3) is 0 Å². The van der Waals surface area contributed by atoms with Gasteiger partial charge in [0.05, 0.1) is 45.0 Å². The monoisotopic (exact) mass is 730 g/mol. The molecule has 0 aromatic heterocycles. The molecule has 0 aliphatic carbocycles.